The Bertz CT molecular complexity index is 1260. The second-order valence-corrected chi connectivity index (χ2v) is 9.16. The molecule has 0 aliphatic rings. The molecule has 0 radical (unpaired) electrons. The fourth-order valence-corrected chi connectivity index (χ4v) is 4.03. The van der Waals surface area contributed by atoms with Crippen molar-refractivity contribution < 1.29 is 27.9 Å². The van der Waals surface area contributed by atoms with Gasteiger partial charge in [0.05, 0.1) is 17.1 Å². The average molecular weight is 480 g/mol. The molecule has 0 aliphatic heterocycles. The number of carbonyl (C=O) groups is 2. The molecule has 0 saturated heterocycles. The fourth-order valence-electron chi connectivity index (χ4n) is 2.97. The van der Waals surface area contributed by atoms with Crippen LogP contribution in [0.2, 0.25) is 0 Å². The number of anilines is 1. The van der Waals surface area contributed by atoms with E-state index >= 15 is 0 Å². The summed E-state index contributed by atoms with van der Waals surface area (Å²) in [6.07, 6.45) is 5.17. The summed E-state index contributed by atoms with van der Waals surface area (Å²) < 4.78 is 33.2. The van der Waals surface area contributed by atoms with Gasteiger partial charge in [0.25, 0.3) is 10.0 Å². The van der Waals surface area contributed by atoms with Gasteiger partial charge in [-0.25, -0.2) is 13.2 Å². The number of ether oxygens (including phenoxy) is 1. The van der Waals surface area contributed by atoms with Crippen LogP contribution in [-0.2, 0) is 10.0 Å². The highest BCUT2D eigenvalue weighted by molar-refractivity contribution is 7.92. The molecule has 8 heteroatoms. The Morgan fingerprint density at radius 3 is 2.12 bits per heavy atom. The van der Waals surface area contributed by atoms with Crippen LogP contribution < -0.4 is 9.46 Å². The molecule has 0 unspecified atom stereocenters. The first kappa shape index (κ1) is 24.7. The van der Waals surface area contributed by atoms with Crippen LogP contribution in [0.1, 0.15) is 46.0 Å². The number of nitrogens with one attached hydrogen (secondary N) is 1. The fraction of sp³-hybridized carbons (Fsp3) is 0.154. The second kappa shape index (κ2) is 11.3. The number of aromatic carboxylic acids is 1. The van der Waals surface area contributed by atoms with Crippen molar-refractivity contribution in [2.75, 3.05) is 11.3 Å². The molecule has 7 nitrogen and oxygen atoms in total. The van der Waals surface area contributed by atoms with Gasteiger partial charge in [0.1, 0.15) is 5.75 Å². The number of carboxylic acid groups (broad SMARTS) is 1. The van der Waals surface area contributed by atoms with Gasteiger partial charge in [-0.2, -0.15) is 0 Å². The van der Waals surface area contributed by atoms with Gasteiger partial charge in [-0.05, 0) is 78.7 Å². The number of unbranched alkanes of at least 4 members (excludes halogenated alkanes) is 1. The predicted molar refractivity (Wildman–Crippen MR) is 131 cm³/mol. The van der Waals surface area contributed by atoms with Crippen LogP contribution in [0.3, 0.4) is 0 Å². The van der Waals surface area contributed by atoms with Crippen LogP contribution in [-0.4, -0.2) is 31.9 Å². The molecule has 0 atom stereocenters. The summed E-state index contributed by atoms with van der Waals surface area (Å²) >= 11 is 0. The van der Waals surface area contributed by atoms with Crippen LogP contribution in [0.4, 0.5) is 5.69 Å². The summed E-state index contributed by atoms with van der Waals surface area (Å²) in [4.78, 5) is 23.4. The Hall–Kier alpha value is -3.91. The quantitative estimate of drug-likeness (QED) is 0.221. The minimum Gasteiger partial charge on any atom is -0.494 e. The van der Waals surface area contributed by atoms with Crippen molar-refractivity contribution in [1.82, 2.24) is 0 Å². The summed E-state index contributed by atoms with van der Waals surface area (Å²) in [6, 6.07) is 18.3. The number of allylic oxidation sites excluding steroid dienone is 1. The molecule has 2 N–H and O–H groups in total. The lowest BCUT2D eigenvalue weighted by atomic mass is 10.1. The molecule has 34 heavy (non-hydrogen) atoms. The monoisotopic (exact) mass is 479 g/mol. The normalized spacial score (nSPS) is 11.3. The Labute approximate surface area is 198 Å². The SMILES string of the molecule is CCCCOc1ccc(/C=C/C(=O)c2ccc(S(=O)(=O)Nc3ccc(C(=O)O)cc3)cc2)cc1. The van der Waals surface area contributed by atoms with Crippen molar-refractivity contribution in [3.63, 3.8) is 0 Å². The molecule has 3 aromatic rings. The van der Waals surface area contributed by atoms with E-state index in [4.69, 9.17) is 9.84 Å². The zero-order valence-electron chi connectivity index (χ0n) is 18.6. The highest BCUT2D eigenvalue weighted by atomic mass is 32.2. The summed E-state index contributed by atoms with van der Waals surface area (Å²) in [5.41, 5.74) is 1.47. The van der Waals surface area contributed by atoms with Crippen molar-refractivity contribution in [3.8, 4) is 5.75 Å². The molecule has 0 saturated carbocycles. The molecule has 0 aliphatic carbocycles. The number of carboxylic acids is 1. The summed E-state index contributed by atoms with van der Waals surface area (Å²) in [7, 11) is -3.90. The van der Waals surface area contributed by atoms with E-state index in [1.807, 2.05) is 24.3 Å². The third-order valence-corrected chi connectivity index (χ3v) is 6.30. The van der Waals surface area contributed by atoms with Gasteiger partial charge in [-0.15, -0.1) is 0 Å². The van der Waals surface area contributed by atoms with Gasteiger partial charge in [0.2, 0.25) is 0 Å². The Balaban J connectivity index is 1.62. The van der Waals surface area contributed by atoms with Crippen molar-refractivity contribution in [2.45, 2.75) is 24.7 Å². The minimum atomic E-state index is -3.90. The number of ketones is 1. The van der Waals surface area contributed by atoms with E-state index in [-0.39, 0.29) is 21.9 Å². The summed E-state index contributed by atoms with van der Waals surface area (Å²) in [5.74, 6) is -0.582. The Kier molecular flexibility index (Phi) is 8.21. The number of hydrogen-bond donors (Lipinski definition) is 2. The van der Waals surface area contributed by atoms with Crippen LogP contribution in [0.25, 0.3) is 6.08 Å². The second-order valence-electron chi connectivity index (χ2n) is 7.48. The third-order valence-electron chi connectivity index (χ3n) is 4.91. The maximum Gasteiger partial charge on any atom is 0.335 e. The molecule has 0 fully saturated rings. The highest BCUT2D eigenvalue weighted by Crippen LogP contribution is 2.18. The zero-order chi connectivity index (χ0) is 24.6. The lowest BCUT2D eigenvalue weighted by Gasteiger charge is -2.09. The standard InChI is InChI=1S/C26H25NO6S/c1-2-3-18-33-23-13-4-19(5-14-23)6-17-25(28)20-9-15-24(16-10-20)34(31,32)27-22-11-7-21(8-12-22)26(29)30/h4-17,27H,2-3,18H2,1H3,(H,29,30)/b17-6+. The maximum atomic E-state index is 12.6. The largest absolute Gasteiger partial charge is 0.494 e. The average Bonchev–Trinajstić information content (AvgIpc) is 2.83. The lowest BCUT2D eigenvalue weighted by Crippen LogP contribution is -2.13. The number of benzene rings is 3. The first-order valence-electron chi connectivity index (χ1n) is 10.7. The molecule has 3 rings (SSSR count). The van der Waals surface area contributed by atoms with Gasteiger partial charge in [0, 0.05) is 11.3 Å². The van der Waals surface area contributed by atoms with E-state index < -0.39 is 16.0 Å². The van der Waals surface area contributed by atoms with Gasteiger partial charge < -0.3 is 9.84 Å². The van der Waals surface area contributed by atoms with Crippen molar-refractivity contribution in [1.29, 1.82) is 0 Å². The zero-order valence-corrected chi connectivity index (χ0v) is 19.4. The Morgan fingerprint density at radius 1 is 0.912 bits per heavy atom. The Morgan fingerprint density at radius 2 is 1.53 bits per heavy atom. The van der Waals surface area contributed by atoms with Gasteiger partial charge in [0.15, 0.2) is 5.78 Å². The first-order valence-corrected chi connectivity index (χ1v) is 12.2. The summed E-state index contributed by atoms with van der Waals surface area (Å²) in [6.45, 7) is 2.77. The van der Waals surface area contributed by atoms with E-state index in [0.29, 0.717) is 12.2 Å². The predicted octanol–water partition coefficient (Wildman–Crippen LogP) is 5.26. The molecule has 0 heterocycles. The maximum absolute atomic E-state index is 12.6. The molecule has 0 amide bonds. The smallest absolute Gasteiger partial charge is 0.335 e. The van der Waals surface area contributed by atoms with E-state index in [0.717, 1.165) is 24.2 Å². The molecule has 176 valence electrons. The number of carbonyl (C=O) groups excluding carboxylic acids is 1. The number of sulfonamides is 1. The molecule has 0 aromatic heterocycles. The number of rotatable bonds is 11. The van der Waals surface area contributed by atoms with Gasteiger partial charge >= 0.3 is 5.97 Å². The van der Waals surface area contributed by atoms with Crippen LogP contribution in [0.5, 0.6) is 5.75 Å². The van der Waals surface area contributed by atoms with Crippen LogP contribution in [0, 0.1) is 0 Å². The number of hydrogen-bond acceptors (Lipinski definition) is 5. The van der Waals surface area contributed by atoms with Gasteiger partial charge in [-0.3, -0.25) is 9.52 Å². The first-order chi connectivity index (χ1) is 16.3. The van der Waals surface area contributed by atoms with E-state index in [1.54, 1.807) is 6.08 Å². The minimum absolute atomic E-state index is 0.0194. The summed E-state index contributed by atoms with van der Waals surface area (Å²) in [5, 5.41) is 8.93. The van der Waals surface area contributed by atoms with Crippen LogP contribution in [0.15, 0.2) is 83.8 Å². The van der Waals surface area contributed by atoms with E-state index in [9.17, 15) is 18.0 Å². The molecular formula is C26H25NO6S. The lowest BCUT2D eigenvalue weighted by molar-refractivity contribution is 0.0696. The molecule has 0 bridgehead atoms. The molecule has 3 aromatic carbocycles. The van der Waals surface area contributed by atoms with E-state index in [2.05, 4.69) is 11.6 Å². The molecule has 0 spiro atoms. The van der Waals surface area contributed by atoms with Crippen molar-refractivity contribution >= 4 is 33.5 Å². The topological polar surface area (TPSA) is 110 Å². The van der Waals surface area contributed by atoms with Crippen molar-refractivity contribution in [2.24, 2.45) is 0 Å². The van der Waals surface area contributed by atoms with Crippen LogP contribution >= 0.6 is 0 Å². The highest BCUT2D eigenvalue weighted by Gasteiger charge is 2.15. The van der Waals surface area contributed by atoms with Crippen molar-refractivity contribution in [3.05, 3.63) is 95.6 Å². The third kappa shape index (κ3) is 6.79. The van der Waals surface area contributed by atoms with E-state index in [1.165, 1.54) is 54.6 Å². The molecular weight excluding hydrogens is 454 g/mol. The van der Waals surface area contributed by atoms with Gasteiger partial charge in [-0.1, -0.05) is 31.6 Å².